The van der Waals surface area contributed by atoms with E-state index in [-0.39, 0.29) is 5.82 Å². The molecule has 122 valence electrons. The van der Waals surface area contributed by atoms with E-state index in [1.54, 1.807) is 18.3 Å². The molecular weight excluding hydrogens is 369 g/mol. The minimum Gasteiger partial charge on any atom is -0.352 e. The lowest BCUT2D eigenvalue weighted by Crippen LogP contribution is -2.41. The standard InChI is InChI=1S/C19H17BrFN3/c1-14-18(20)12-23-19(22-11-15-5-3-2-4-6-15)24(14)13-16-7-9-17(21)10-8-16/h2-10,12H,1,11,13H2,(H,22,23). The molecule has 0 radical (unpaired) electrons. The molecule has 0 unspecified atom stereocenters. The van der Waals surface area contributed by atoms with Gasteiger partial charge in [-0.15, -0.1) is 0 Å². The smallest absolute Gasteiger partial charge is 0.203 e. The first-order chi connectivity index (χ1) is 11.6. The summed E-state index contributed by atoms with van der Waals surface area (Å²) in [5.41, 5.74) is 2.96. The molecular formula is C19H17BrFN3. The van der Waals surface area contributed by atoms with Crippen LogP contribution in [0.15, 0.2) is 82.5 Å². The fourth-order valence-electron chi connectivity index (χ4n) is 2.38. The third-order valence-corrected chi connectivity index (χ3v) is 4.37. The van der Waals surface area contributed by atoms with Crippen molar-refractivity contribution in [2.45, 2.75) is 13.1 Å². The van der Waals surface area contributed by atoms with Gasteiger partial charge in [0, 0.05) is 12.7 Å². The Balaban J connectivity index is 1.76. The molecule has 0 bridgehead atoms. The molecule has 24 heavy (non-hydrogen) atoms. The van der Waals surface area contributed by atoms with Gasteiger partial charge in [0.2, 0.25) is 5.96 Å². The van der Waals surface area contributed by atoms with Gasteiger partial charge in [0.1, 0.15) is 5.82 Å². The average Bonchev–Trinajstić information content (AvgIpc) is 2.61. The van der Waals surface area contributed by atoms with Crippen molar-refractivity contribution in [1.82, 2.24) is 10.2 Å². The maximum atomic E-state index is 13.1. The number of halogens is 2. The monoisotopic (exact) mass is 385 g/mol. The zero-order valence-electron chi connectivity index (χ0n) is 13.0. The third-order valence-electron chi connectivity index (χ3n) is 3.70. The van der Waals surface area contributed by atoms with Crippen molar-refractivity contribution < 1.29 is 4.39 Å². The van der Waals surface area contributed by atoms with Gasteiger partial charge in [-0.3, -0.25) is 0 Å². The topological polar surface area (TPSA) is 27.6 Å². The molecule has 0 spiro atoms. The van der Waals surface area contributed by atoms with E-state index in [1.807, 2.05) is 23.1 Å². The molecule has 1 N–H and O–H groups in total. The number of guanidine groups is 1. The molecule has 0 atom stereocenters. The van der Waals surface area contributed by atoms with Crippen molar-refractivity contribution in [3.05, 3.63) is 94.5 Å². The number of aliphatic imine (C=N–C) groups is 1. The summed E-state index contributed by atoms with van der Waals surface area (Å²) in [5.74, 6) is 0.477. The Labute approximate surface area is 149 Å². The molecule has 0 aromatic heterocycles. The first-order valence-electron chi connectivity index (χ1n) is 7.56. The summed E-state index contributed by atoms with van der Waals surface area (Å²) in [6.45, 7) is 5.33. The highest BCUT2D eigenvalue weighted by molar-refractivity contribution is 9.12. The van der Waals surface area contributed by atoms with Gasteiger partial charge in [0.25, 0.3) is 0 Å². The number of rotatable bonds is 4. The van der Waals surface area contributed by atoms with Crippen LogP contribution in [0, 0.1) is 5.82 Å². The number of allylic oxidation sites excluding steroid dienone is 1. The SMILES string of the molecule is C=C1C(Br)=CN=C(NCc2ccccc2)N1Cc1ccc(F)cc1. The van der Waals surface area contributed by atoms with Gasteiger partial charge in [0.05, 0.1) is 16.7 Å². The first-order valence-corrected chi connectivity index (χ1v) is 8.35. The number of nitrogens with zero attached hydrogens (tertiary/aromatic N) is 2. The van der Waals surface area contributed by atoms with Gasteiger partial charge in [-0.25, -0.2) is 9.38 Å². The van der Waals surface area contributed by atoms with Crippen LogP contribution in [0.25, 0.3) is 0 Å². The van der Waals surface area contributed by atoms with Crippen molar-refractivity contribution >= 4 is 21.9 Å². The summed E-state index contributed by atoms with van der Waals surface area (Å²) in [7, 11) is 0. The van der Waals surface area contributed by atoms with E-state index in [9.17, 15) is 4.39 Å². The Morgan fingerprint density at radius 2 is 1.75 bits per heavy atom. The van der Waals surface area contributed by atoms with E-state index in [2.05, 4.69) is 45.0 Å². The minimum absolute atomic E-state index is 0.242. The first kappa shape index (κ1) is 16.5. The normalized spacial score (nSPS) is 14.2. The molecule has 2 aromatic rings. The molecule has 0 amide bonds. The van der Waals surface area contributed by atoms with Crippen LogP contribution in [-0.2, 0) is 13.1 Å². The van der Waals surface area contributed by atoms with Gasteiger partial charge in [-0.2, -0.15) is 0 Å². The second-order valence-electron chi connectivity index (χ2n) is 5.43. The fourth-order valence-corrected chi connectivity index (χ4v) is 2.70. The fraction of sp³-hybridized carbons (Fsp3) is 0.105. The second kappa shape index (κ2) is 7.45. The molecule has 1 heterocycles. The summed E-state index contributed by atoms with van der Waals surface area (Å²) in [5, 5.41) is 3.35. The lowest BCUT2D eigenvalue weighted by molar-refractivity contribution is 0.493. The minimum atomic E-state index is -0.242. The average molecular weight is 386 g/mol. The van der Waals surface area contributed by atoms with Crippen LogP contribution >= 0.6 is 15.9 Å². The van der Waals surface area contributed by atoms with Crippen molar-refractivity contribution in [3.63, 3.8) is 0 Å². The number of hydrogen-bond donors (Lipinski definition) is 1. The maximum absolute atomic E-state index is 13.1. The van der Waals surface area contributed by atoms with Gasteiger partial charge in [0.15, 0.2) is 0 Å². The van der Waals surface area contributed by atoms with Crippen LogP contribution in [0.2, 0.25) is 0 Å². The zero-order valence-corrected chi connectivity index (χ0v) is 14.6. The highest BCUT2D eigenvalue weighted by atomic mass is 79.9. The molecule has 3 nitrogen and oxygen atoms in total. The molecule has 0 aliphatic carbocycles. The van der Waals surface area contributed by atoms with Gasteiger partial charge in [-0.05, 0) is 39.2 Å². The number of nitrogens with one attached hydrogen (secondary N) is 1. The second-order valence-corrected chi connectivity index (χ2v) is 6.28. The molecule has 0 saturated carbocycles. The Morgan fingerprint density at radius 3 is 2.46 bits per heavy atom. The van der Waals surface area contributed by atoms with E-state index in [0.29, 0.717) is 13.1 Å². The quantitative estimate of drug-likeness (QED) is 0.836. The van der Waals surface area contributed by atoms with Gasteiger partial charge < -0.3 is 10.2 Å². The van der Waals surface area contributed by atoms with Crippen LogP contribution in [0.1, 0.15) is 11.1 Å². The van der Waals surface area contributed by atoms with Crippen LogP contribution < -0.4 is 5.32 Å². The summed E-state index contributed by atoms with van der Waals surface area (Å²) in [6, 6.07) is 16.6. The van der Waals surface area contributed by atoms with Crippen molar-refractivity contribution in [1.29, 1.82) is 0 Å². The molecule has 3 rings (SSSR count). The maximum Gasteiger partial charge on any atom is 0.203 e. The number of benzene rings is 2. The van der Waals surface area contributed by atoms with E-state index in [0.717, 1.165) is 21.7 Å². The Kier molecular flexibility index (Phi) is 5.11. The van der Waals surface area contributed by atoms with E-state index in [4.69, 9.17) is 0 Å². The zero-order chi connectivity index (χ0) is 16.9. The highest BCUT2D eigenvalue weighted by Gasteiger charge is 2.20. The molecule has 2 aromatic carbocycles. The van der Waals surface area contributed by atoms with Gasteiger partial charge in [-0.1, -0.05) is 49.0 Å². The summed E-state index contributed by atoms with van der Waals surface area (Å²) in [4.78, 5) is 6.43. The molecule has 1 aliphatic heterocycles. The molecule has 0 fully saturated rings. The summed E-state index contributed by atoms with van der Waals surface area (Å²) in [6.07, 6.45) is 1.73. The van der Waals surface area contributed by atoms with E-state index >= 15 is 0 Å². The van der Waals surface area contributed by atoms with Crippen molar-refractivity contribution in [3.8, 4) is 0 Å². The highest BCUT2D eigenvalue weighted by Crippen LogP contribution is 2.25. The Hall–Kier alpha value is -2.40. The lowest BCUT2D eigenvalue weighted by atomic mass is 10.2. The predicted molar refractivity (Wildman–Crippen MR) is 98.8 cm³/mol. The number of hydrogen-bond acceptors (Lipinski definition) is 3. The Bertz CT molecular complexity index is 782. The molecule has 5 heteroatoms. The predicted octanol–water partition coefficient (Wildman–Crippen LogP) is 4.54. The van der Waals surface area contributed by atoms with Crippen LogP contribution in [0.5, 0.6) is 0 Å². The van der Waals surface area contributed by atoms with Gasteiger partial charge >= 0.3 is 0 Å². The van der Waals surface area contributed by atoms with Crippen LogP contribution in [0.4, 0.5) is 4.39 Å². The van der Waals surface area contributed by atoms with Crippen molar-refractivity contribution in [2.75, 3.05) is 0 Å². The van der Waals surface area contributed by atoms with Crippen LogP contribution in [-0.4, -0.2) is 10.9 Å². The van der Waals surface area contributed by atoms with E-state index in [1.165, 1.54) is 17.7 Å². The third kappa shape index (κ3) is 3.92. The van der Waals surface area contributed by atoms with Crippen LogP contribution in [0.3, 0.4) is 0 Å². The summed E-state index contributed by atoms with van der Waals surface area (Å²) < 4.78 is 13.9. The molecule has 0 saturated heterocycles. The lowest BCUT2D eigenvalue weighted by Gasteiger charge is -2.30. The van der Waals surface area contributed by atoms with Crippen molar-refractivity contribution in [2.24, 2.45) is 4.99 Å². The largest absolute Gasteiger partial charge is 0.352 e. The van der Waals surface area contributed by atoms with E-state index < -0.39 is 0 Å². The summed E-state index contributed by atoms with van der Waals surface area (Å²) >= 11 is 3.47. The Morgan fingerprint density at radius 1 is 1.04 bits per heavy atom. The molecule has 1 aliphatic rings.